The Bertz CT molecular complexity index is 1300. The Labute approximate surface area is 334 Å². The maximum absolute atomic E-state index is 12.6. The van der Waals surface area contributed by atoms with E-state index in [1.54, 1.807) is 31.4 Å². The topological polar surface area (TPSA) is 160 Å². The van der Waals surface area contributed by atoms with Crippen molar-refractivity contribution in [3.8, 4) is 0 Å². The second-order valence-electron chi connectivity index (χ2n) is 15.4. The molecule has 0 aliphatic rings. The fourth-order valence-electron chi connectivity index (χ4n) is 5.31. The van der Waals surface area contributed by atoms with Gasteiger partial charge in [-0.3, -0.25) is 9.59 Å². The lowest BCUT2D eigenvalue weighted by Gasteiger charge is -2.26. The molecule has 13 heteroatoms. The van der Waals surface area contributed by atoms with Crippen LogP contribution in [0, 0.1) is 0 Å². The van der Waals surface area contributed by atoms with E-state index < -0.39 is 11.2 Å². The molecule has 0 spiro atoms. The lowest BCUT2D eigenvalue weighted by molar-refractivity contribution is -0.0943. The van der Waals surface area contributed by atoms with Gasteiger partial charge in [-0.05, 0) is 73.4 Å². The Kier molecular flexibility index (Phi) is 22.7. The molecule has 3 N–H and O–H groups in total. The standard InChI is InChI=1S/C43H69NO12/c1-30(25-53-32(3)27-55-34(5)29-56-33(4)28-54-31(2)26-52-24-23-51-22-21-50-20-19-49-10)44-39(35-11-15-37(16-12-35)40(45)42(6,7)47)36-13-17-38(18-14-36)41(46)43(8,9)48/h11-18,30-34,39,44,47-48H,19-29H2,1-10H3. The molecule has 0 heterocycles. The first-order valence-electron chi connectivity index (χ1n) is 19.6. The van der Waals surface area contributed by atoms with Gasteiger partial charge in [-0.2, -0.15) is 0 Å². The second kappa shape index (κ2) is 25.6. The van der Waals surface area contributed by atoms with Crippen molar-refractivity contribution in [3.63, 3.8) is 0 Å². The molecule has 0 aliphatic carbocycles. The number of ether oxygens (including phenoxy) is 8. The lowest BCUT2D eigenvalue weighted by atomic mass is 9.91. The summed E-state index contributed by atoms with van der Waals surface area (Å²) in [6, 6.07) is 13.8. The third-order valence-electron chi connectivity index (χ3n) is 8.58. The van der Waals surface area contributed by atoms with E-state index in [-0.39, 0.29) is 48.1 Å². The van der Waals surface area contributed by atoms with Crippen LogP contribution in [0.15, 0.2) is 48.5 Å². The molecule has 0 fully saturated rings. The normalized spacial score (nSPS) is 15.1. The Hall–Kier alpha value is -2.66. The first-order valence-corrected chi connectivity index (χ1v) is 19.6. The SMILES string of the molecule is COCCOCCOCCOCC(C)OCC(C)OCC(C)OCC(C)OCC(C)NC(c1ccc(C(=O)C(C)(C)O)cc1)c1ccc(C(=O)C(C)(C)O)cc1. The molecular formula is C43H69NO12. The second-order valence-corrected chi connectivity index (χ2v) is 15.4. The lowest BCUT2D eigenvalue weighted by Crippen LogP contribution is -2.36. The predicted molar refractivity (Wildman–Crippen MR) is 215 cm³/mol. The third kappa shape index (κ3) is 19.7. The molecule has 2 aromatic carbocycles. The number of Topliss-reactive ketones (excluding diaryl/α,β-unsaturated/α-hetero) is 2. The molecule has 2 rings (SSSR count). The Morgan fingerprint density at radius 1 is 0.536 bits per heavy atom. The molecule has 0 amide bonds. The number of methoxy groups -OCH3 is 1. The zero-order chi connectivity index (χ0) is 41.7. The smallest absolute Gasteiger partial charge is 0.193 e. The van der Waals surface area contributed by atoms with Crippen LogP contribution in [0.5, 0.6) is 0 Å². The quantitative estimate of drug-likeness (QED) is 0.0694. The van der Waals surface area contributed by atoms with E-state index in [0.717, 1.165) is 11.1 Å². The molecule has 0 saturated heterocycles. The van der Waals surface area contributed by atoms with Crippen LogP contribution in [0.25, 0.3) is 0 Å². The van der Waals surface area contributed by atoms with E-state index in [9.17, 15) is 19.8 Å². The van der Waals surface area contributed by atoms with Gasteiger partial charge in [0.15, 0.2) is 11.6 Å². The molecule has 0 saturated carbocycles. The summed E-state index contributed by atoms with van der Waals surface area (Å²) in [4.78, 5) is 25.3. The minimum atomic E-state index is -1.49. The number of aliphatic hydroxyl groups is 2. The Morgan fingerprint density at radius 2 is 0.875 bits per heavy atom. The van der Waals surface area contributed by atoms with Crippen LogP contribution in [0.4, 0.5) is 0 Å². The van der Waals surface area contributed by atoms with Crippen LogP contribution in [-0.4, -0.2) is 143 Å². The summed E-state index contributed by atoms with van der Waals surface area (Å²) in [7, 11) is 1.64. The Morgan fingerprint density at radius 3 is 1.25 bits per heavy atom. The first-order chi connectivity index (χ1) is 26.4. The van der Waals surface area contributed by atoms with Crippen LogP contribution >= 0.6 is 0 Å². The maximum atomic E-state index is 12.6. The van der Waals surface area contributed by atoms with Gasteiger partial charge in [0.05, 0.1) is 103 Å². The van der Waals surface area contributed by atoms with E-state index in [1.807, 2.05) is 58.9 Å². The van der Waals surface area contributed by atoms with E-state index >= 15 is 0 Å². The summed E-state index contributed by atoms with van der Waals surface area (Å²) in [5.74, 6) is -0.737. The monoisotopic (exact) mass is 791 g/mol. The number of rotatable bonds is 31. The fourth-order valence-corrected chi connectivity index (χ4v) is 5.31. The largest absolute Gasteiger partial charge is 0.382 e. The number of nitrogens with one attached hydrogen (secondary N) is 1. The molecule has 0 radical (unpaired) electrons. The van der Waals surface area contributed by atoms with E-state index in [2.05, 4.69) is 5.32 Å². The van der Waals surface area contributed by atoms with Gasteiger partial charge in [0.1, 0.15) is 11.2 Å². The zero-order valence-corrected chi connectivity index (χ0v) is 35.3. The van der Waals surface area contributed by atoms with Crippen molar-refractivity contribution in [1.29, 1.82) is 0 Å². The van der Waals surface area contributed by atoms with Gasteiger partial charge in [-0.25, -0.2) is 0 Å². The molecule has 2 aromatic rings. The third-order valence-corrected chi connectivity index (χ3v) is 8.58. The van der Waals surface area contributed by atoms with Gasteiger partial charge >= 0.3 is 0 Å². The highest BCUT2D eigenvalue weighted by Gasteiger charge is 2.27. The van der Waals surface area contributed by atoms with Crippen molar-refractivity contribution in [2.45, 2.75) is 110 Å². The summed E-state index contributed by atoms with van der Waals surface area (Å²) in [5.41, 5.74) is -0.390. The highest BCUT2D eigenvalue weighted by molar-refractivity contribution is 6.02. The minimum absolute atomic E-state index is 0.0799. The van der Waals surface area contributed by atoms with Gasteiger partial charge in [0, 0.05) is 24.3 Å². The van der Waals surface area contributed by atoms with Crippen molar-refractivity contribution < 1.29 is 57.7 Å². The summed E-state index contributed by atoms with van der Waals surface area (Å²) in [6.07, 6.45) is -0.522. The minimum Gasteiger partial charge on any atom is -0.382 e. The summed E-state index contributed by atoms with van der Waals surface area (Å²) >= 11 is 0. The van der Waals surface area contributed by atoms with Crippen LogP contribution < -0.4 is 5.32 Å². The number of hydrogen-bond donors (Lipinski definition) is 3. The van der Waals surface area contributed by atoms with E-state index in [0.29, 0.717) is 83.8 Å². The predicted octanol–water partition coefficient (Wildman–Crippen LogP) is 4.98. The van der Waals surface area contributed by atoms with Crippen molar-refractivity contribution in [2.24, 2.45) is 0 Å². The van der Waals surface area contributed by atoms with Crippen LogP contribution in [0.1, 0.15) is 100 Å². The average Bonchev–Trinajstić information content (AvgIpc) is 3.16. The van der Waals surface area contributed by atoms with Crippen molar-refractivity contribution in [2.75, 3.05) is 79.8 Å². The van der Waals surface area contributed by atoms with Gasteiger partial charge in [-0.1, -0.05) is 48.5 Å². The van der Waals surface area contributed by atoms with Crippen LogP contribution in [0.2, 0.25) is 0 Å². The highest BCUT2D eigenvalue weighted by Crippen LogP contribution is 2.26. The van der Waals surface area contributed by atoms with E-state index in [4.69, 9.17) is 37.9 Å². The maximum Gasteiger partial charge on any atom is 0.193 e. The summed E-state index contributed by atoms with van der Waals surface area (Å²) < 4.78 is 45.4. The number of carbonyl (C=O) groups is 2. The zero-order valence-electron chi connectivity index (χ0n) is 35.3. The van der Waals surface area contributed by atoms with Crippen molar-refractivity contribution in [3.05, 3.63) is 70.8 Å². The van der Waals surface area contributed by atoms with E-state index in [1.165, 1.54) is 27.7 Å². The number of carbonyl (C=O) groups excluding carboxylic acids is 2. The molecule has 5 unspecified atom stereocenters. The average molecular weight is 792 g/mol. The molecule has 5 atom stereocenters. The summed E-state index contributed by atoms with van der Waals surface area (Å²) in [5, 5.41) is 24.0. The molecule has 0 aromatic heterocycles. The van der Waals surface area contributed by atoms with Gasteiger partial charge in [0.25, 0.3) is 0 Å². The first kappa shape index (κ1) is 49.5. The number of ketones is 2. The molecule has 0 bridgehead atoms. The van der Waals surface area contributed by atoms with Gasteiger partial charge in [-0.15, -0.1) is 0 Å². The molecule has 56 heavy (non-hydrogen) atoms. The Balaban J connectivity index is 1.79. The number of hydrogen-bond acceptors (Lipinski definition) is 13. The van der Waals surface area contributed by atoms with Gasteiger partial charge in [0.2, 0.25) is 0 Å². The van der Waals surface area contributed by atoms with Gasteiger partial charge < -0.3 is 53.4 Å². The summed E-state index contributed by atoms with van der Waals surface area (Å²) in [6.45, 7) is 21.0. The van der Waals surface area contributed by atoms with Crippen molar-refractivity contribution in [1.82, 2.24) is 5.32 Å². The molecule has 13 nitrogen and oxygen atoms in total. The highest BCUT2D eigenvalue weighted by atomic mass is 16.6. The van der Waals surface area contributed by atoms with Crippen LogP contribution in [0.3, 0.4) is 0 Å². The van der Waals surface area contributed by atoms with Crippen molar-refractivity contribution >= 4 is 11.6 Å². The molecule has 318 valence electrons. The molecular weight excluding hydrogens is 722 g/mol. The molecule has 0 aliphatic heterocycles. The van der Waals surface area contributed by atoms with Crippen LogP contribution in [-0.2, 0) is 37.9 Å². The number of benzene rings is 2. The fraction of sp³-hybridized carbons (Fsp3) is 0.674.